The van der Waals surface area contributed by atoms with Crippen LogP contribution in [0.3, 0.4) is 0 Å². The van der Waals surface area contributed by atoms with Gasteiger partial charge >= 0.3 is 0 Å². The van der Waals surface area contributed by atoms with Gasteiger partial charge in [0.15, 0.2) is 5.78 Å². The lowest BCUT2D eigenvalue weighted by atomic mass is 10.1. The highest BCUT2D eigenvalue weighted by atomic mass is 35.5. The Morgan fingerprint density at radius 1 is 1.12 bits per heavy atom. The molecular formula is C19H32ClNO2Si. The summed E-state index contributed by atoms with van der Waals surface area (Å²) in [7, 11) is -1.98. The van der Waals surface area contributed by atoms with Gasteiger partial charge in [-0.3, -0.25) is 9.78 Å². The summed E-state index contributed by atoms with van der Waals surface area (Å²) in [6.07, 6.45) is 4.15. The van der Waals surface area contributed by atoms with Gasteiger partial charge in [-0.2, -0.15) is 0 Å². The maximum atomic E-state index is 12.3. The number of aromatic nitrogens is 1. The molecule has 1 heterocycles. The van der Waals surface area contributed by atoms with Crippen molar-refractivity contribution in [2.24, 2.45) is 0 Å². The van der Waals surface area contributed by atoms with Crippen molar-refractivity contribution < 1.29 is 9.22 Å². The first-order chi connectivity index (χ1) is 10.8. The fourth-order valence-corrected chi connectivity index (χ4v) is 9.94. The summed E-state index contributed by atoms with van der Waals surface area (Å²) in [5.74, 6) is 0.213. The van der Waals surface area contributed by atoms with E-state index in [1.807, 2.05) is 12.1 Å². The molecule has 1 aliphatic rings. The lowest BCUT2D eigenvalue weighted by molar-refractivity contribution is 0.0981. The van der Waals surface area contributed by atoms with Crippen LogP contribution >= 0.6 is 12.4 Å². The zero-order valence-corrected chi connectivity index (χ0v) is 17.7. The van der Waals surface area contributed by atoms with E-state index in [0.717, 1.165) is 24.1 Å². The van der Waals surface area contributed by atoms with E-state index in [-0.39, 0.29) is 24.3 Å². The van der Waals surface area contributed by atoms with Crippen LogP contribution in [0, 0.1) is 0 Å². The van der Waals surface area contributed by atoms with Gasteiger partial charge in [0.1, 0.15) is 0 Å². The highest BCUT2D eigenvalue weighted by Gasteiger charge is 2.47. The first kappa shape index (κ1) is 21.3. The summed E-state index contributed by atoms with van der Waals surface area (Å²) in [5, 5.41) is 0. The van der Waals surface area contributed by atoms with E-state index in [1.54, 1.807) is 6.20 Å². The number of ketones is 1. The van der Waals surface area contributed by atoms with E-state index >= 15 is 0 Å². The number of rotatable bonds is 5. The molecule has 1 aliphatic carbocycles. The number of fused-ring (bicyclic) bond motifs is 1. The van der Waals surface area contributed by atoms with Crippen LogP contribution < -0.4 is 0 Å². The maximum absolute atomic E-state index is 12.3. The van der Waals surface area contributed by atoms with Crippen molar-refractivity contribution in [3.05, 3.63) is 29.6 Å². The van der Waals surface area contributed by atoms with E-state index in [2.05, 4.69) is 46.5 Å². The Labute approximate surface area is 154 Å². The molecule has 0 amide bonds. The third-order valence-electron chi connectivity index (χ3n) is 5.37. The molecule has 2 rings (SSSR count). The topological polar surface area (TPSA) is 39.2 Å². The molecule has 0 aromatic carbocycles. The van der Waals surface area contributed by atoms with E-state index < -0.39 is 8.32 Å². The average molecular weight is 370 g/mol. The van der Waals surface area contributed by atoms with Gasteiger partial charge < -0.3 is 4.43 Å². The van der Waals surface area contributed by atoms with Crippen LogP contribution in [0.15, 0.2) is 18.3 Å². The zero-order valence-electron chi connectivity index (χ0n) is 15.8. The normalized spacial score (nSPS) is 18.5. The van der Waals surface area contributed by atoms with Crippen molar-refractivity contribution in [3.8, 4) is 0 Å². The van der Waals surface area contributed by atoms with Crippen molar-refractivity contribution in [3.63, 3.8) is 0 Å². The van der Waals surface area contributed by atoms with Crippen molar-refractivity contribution in [2.45, 2.75) is 83.5 Å². The molecule has 5 heteroatoms. The van der Waals surface area contributed by atoms with E-state index in [4.69, 9.17) is 4.43 Å². The van der Waals surface area contributed by atoms with E-state index in [0.29, 0.717) is 23.0 Å². The monoisotopic (exact) mass is 369 g/mol. The molecule has 1 aromatic heterocycles. The summed E-state index contributed by atoms with van der Waals surface area (Å²) in [5.41, 5.74) is 3.25. The zero-order chi connectivity index (χ0) is 17.2. The second kappa shape index (κ2) is 8.59. The minimum absolute atomic E-state index is 0. The molecule has 0 radical (unpaired) electrons. The van der Waals surface area contributed by atoms with Gasteiger partial charge in [-0.15, -0.1) is 12.4 Å². The van der Waals surface area contributed by atoms with Crippen molar-refractivity contribution >= 4 is 26.5 Å². The van der Waals surface area contributed by atoms with Gasteiger partial charge in [0.25, 0.3) is 0 Å². The van der Waals surface area contributed by atoms with Crippen molar-refractivity contribution in [1.29, 1.82) is 0 Å². The number of nitrogens with zero attached hydrogens (tertiary/aromatic N) is 1. The third-order valence-corrected chi connectivity index (χ3v) is 11.5. The molecule has 0 aliphatic heterocycles. The first-order valence-electron chi connectivity index (χ1n) is 8.96. The van der Waals surface area contributed by atoms with Crippen LogP contribution in [0.4, 0.5) is 0 Å². The minimum atomic E-state index is -1.98. The molecule has 0 unspecified atom stereocenters. The van der Waals surface area contributed by atoms with Crippen LogP contribution in [-0.2, 0) is 4.43 Å². The summed E-state index contributed by atoms with van der Waals surface area (Å²) in [4.78, 5) is 16.9. The third kappa shape index (κ3) is 3.92. The van der Waals surface area contributed by atoms with Crippen LogP contribution in [0.1, 0.15) is 83.0 Å². The molecule has 136 valence electrons. The Balaban J connectivity index is 0.00000288. The summed E-state index contributed by atoms with van der Waals surface area (Å²) < 4.78 is 6.94. The fraction of sp³-hybridized carbons (Fsp3) is 0.684. The quantitative estimate of drug-likeness (QED) is 0.464. The number of hydrogen-bond acceptors (Lipinski definition) is 3. The number of carbonyl (C=O) groups is 1. The van der Waals surface area contributed by atoms with Crippen LogP contribution in [0.2, 0.25) is 16.6 Å². The summed E-state index contributed by atoms with van der Waals surface area (Å²) >= 11 is 0. The lowest BCUT2D eigenvalue weighted by Crippen LogP contribution is -2.48. The number of halogens is 1. The molecule has 0 N–H and O–H groups in total. The van der Waals surface area contributed by atoms with Gasteiger partial charge in [0.2, 0.25) is 8.32 Å². The maximum Gasteiger partial charge on any atom is 0.201 e. The molecular weight excluding hydrogens is 338 g/mol. The number of pyridine rings is 1. The number of Topliss-reactive ketones (excluding diaryl/α,β-unsaturated/α-hetero) is 1. The molecule has 1 atom stereocenters. The molecule has 0 bridgehead atoms. The first-order valence-corrected chi connectivity index (χ1v) is 11.1. The Morgan fingerprint density at radius 3 is 2.25 bits per heavy atom. The van der Waals surface area contributed by atoms with Crippen LogP contribution in [-0.4, -0.2) is 19.1 Å². The number of carbonyl (C=O) groups excluding carboxylic acids is 1. The van der Waals surface area contributed by atoms with Gasteiger partial charge in [-0.1, -0.05) is 41.5 Å². The second-order valence-corrected chi connectivity index (χ2v) is 13.1. The van der Waals surface area contributed by atoms with Gasteiger partial charge in [-0.05, 0) is 41.6 Å². The molecule has 24 heavy (non-hydrogen) atoms. The lowest BCUT2D eigenvalue weighted by Gasteiger charge is -2.44. The second-order valence-electron chi connectivity index (χ2n) is 7.68. The highest BCUT2D eigenvalue weighted by molar-refractivity contribution is 6.77. The molecule has 3 nitrogen and oxygen atoms in total. The van der Waals surface area contributed by atoms with Crippen LogP contribution in [0.5, 0.6) is 0 Å². The van der Waals surface area contributed by atoms with Crippen LogP contribution in [0.25, 0.3) is 0 Å². The Bertz CT molecular complexity index is 538. The van der Waals surface area contributed by atoms with Crippen molar-refractivity contribution in [2.75, 3.05) is 0 Å². The Kier molecular flexibility index (Phi) is 7.63. The SMILES string of the molecule is CC(C)[Si](O[C@@H]1CCCC(=O)c2cccnc21)(C(C)C)C(C)C.Cl. The summed E-state index contributed by atoms with van der Waals surface area (Å²) in [6, 6.07) is 3.77. The van der Waals surface area contributed by atoms with E-state index in [9.17, 15) is 4.79 Å². The molecule has 0 saturated carbocycles. The molecule has 0 fully saturated rings. The van der Waals surface area contributed by atoms with Gasteiger partial charge in [-0.25, -0.2) is 0 Å². The largest absolute Gasteiger partial charge is 0.408 e. The van der Waals surface area contributed by atoms with Gasteiger partial charge in [0, 0.05) is 18.2 Å². The molecule has 1 aromatic rings. The van der Waals surface area contributed by atoms with Crippen molar-refractivity contribution in [1.82, 2.24) is 4.98 Å². The fourth-order valence-electron chi connectivity index (χ4n) is 4.40. The Hall–Kier alpha value is -0.713. The van der Waals surface area contributed by atoms with E-state index in [1.165, 1.54) is 0 Å². The minimum Gasteiger partial charge on any atom is -0.408 e. The number of hydrogen-bond donors (Lipinski definition) is 0. The highest BCUT2D eigenvalue weighted by Crippen LogP contribution is 2.46. The van der Waals surface area contributed by atoms with Gasteiger partial charge in [0.05, 0.1) is 11.8 Å². The molecule has 0 spiro atoms. The molecule has 0 saturated heterocycles. The Morgan fingerprint density at radius 2 is 1.71 bits per heavy atom. The standard InChI is InChI=1S/C19H31NO2Si.ClH/c1-13(2)23(14(3)4,15(5)6)22-18-11-7-10-17(21)16-9-8-12-20-19(16)18;/h8-9,12-15,18H,7,10-11H2,1-6H3;1H/t18-;/m1./s1. The predicted octanol–water partition coefficient (Wildman–Crippen LogP) is 6.10. The smallest absolute Gasteiger partial charge is 0.201 e. The average Bonchev–Trinajstić information content (AvgIpc) is 2.63. The predicted molar refractivity (Wildman–Crippen MR) is 105 cm³/mol. The summed E-state index contributed by atoms with van der Waals surface area (Å²) in [6.45, 7) is 13.8.